The highest BCUT2D eigenvalue weighted by Gasteiger charge is 2.37. The Balaban J connectivity index is 1.74. The van der Waals surface area contributed by atoms with Gasteiger partial charge in [0.1, 0.15) is 12.2 Å². The fraction of sp³-hybridized carbons (Fsp3) is 0.524. The second-order valence-corrected chi connectivity index (χ2v) is 8.92. The van der Waals surface area contributed by atoms with E-state index in [2.05, 4.69) is 15.2 Å². The van der Waals surface area contributed by atoms with Gasteiger partial charge in [-0.3, -0.25) is 9.48 Å². The van der Waals surface area contributed by atoms with Gasteiger partial charge in [0.15, 0.2) is 5.65 Å². The Morgan fingerprint density at radius 2 is 1.97 bits per heavy atom. The van der Waals surface area contributed by atoms with Gasteiger partial charge < -0.3 is 4.90 Å². The zero-order chi connectivity index (χ0) is 22.4. The summed E-state index contributed by atoms with van der Waals surface area (Å²) in [5.41, 5.74) is -0.506. The van der Waals surface area contributed by atoms with E-state index < -0.39 is 23.3 Å². The summed E-state index contributed by atoms with van der Waals surface area (Å²) >= 11 is 0. The van der Waals surface area contributed by atoms with Crippen LogP contribution in [0.2, 0.25) is 0 Å². The Labute approximate surface area is 177 Å². The number of halogens is 3. The van der Waals surface area contributed by atoms with Crippen molar-refractivity contribution < 1.29 is 18.0 Å². The Morgan fingerprint density at radius 3 is 2.61 bits per heavy atom. The number of rotatable bonds is 3. The molecule has 1 fully saturated rings. The number of fused-ring (bicyclic) bond motifs is 1. The third kappa shape index (κ3) is 4.28. The van der Waals surface area contributed by atoms with Crippen molar-refractivity contribution in [3.05, 3.63) is 47.7 Å². The summed E-state index contributed by atoms with van der Waals surface area (Å²) in [5, 5.41) is 8.34. The standard InChI is InChI=1S/C21H25F3N6O/c1-20(2,3)16-12-17(21(22,23)24)30-18(26-16)11-14(27-30)15-7-4-5-10-29(15)19(31)13-28-9-6-8-25-28/h6,8-9,11-12,15H,4-5,7,10,13H2,1-3H3/t15-/m1/s1. The van der Waals surface area contributed by atoms with Gasteiger partial charge in [-0.05, 0) is 31.4 Å². The SMILES string of the molecule is CC(C)(C)c1cc(C(F)(F)F)n2nc([C@H]3CCCCN3C(=O)Cn3cccn3)cc2n1. The number of carbonyl (C=O) groups excluding carboxylic acids is 1. The van der Waals surface area contributed by atoms with Gasteiger partial charge in [-0.1, -0.05) is 20.8 Å². The number of piperidine rings is 1. The maximum Gasteiger partial charge on any atom is 0.433 e. The predicted octanol–water partition coefficient (Wildman–Crippen LogP) is 4.00. The number of hydrogen-bond acceptors (Lipinski definition) is 4. The minimum absolute atomic E-state index is 0.0805. The molecule has 0 bridgehead atoms. The third-order valence-electron chi connectivity index (χ3n) is 5.53. The Kier molecular flexibility index (Phi) is 5.26. The molecule has 7 nitrogen and oxygen atoms in total. The van der Waals surface area contributed by atoms with Crippen molar-refractivity contribution >= 4 is 11.6 Å². The lowest BCUT2D eigenvalue weighted by molar-refractivity contribution is -0.143. The van der Waals surface area contributed by atoms with E-state index in [1.54, 1.807) is 29.4 Å². The molecule has 1 atom stereocenters. The van der Waals surface area contributed by atoms with E-state index in [1.807, 2.05) is 20.8 Å². The molecule has 4 heterocycles. The van der Waals surface area contributed by atoms with Gasteiger partial charge >= 0.3 is 6.18 Å². The molecule has 0 radical (unpaired) electrons. The van der Waals surface area contributed by atoms with E-state index in [-0.39, 0.29) is 18.1 Å². The Hall–Kier alpha value is -2.91. The summed E-state index contributed by atoms with van der Waals surface area (Å²) in [7, 11) is 0. The van der Waals surface area contributed by atoms with Crippen LogP contribution in [-0.2, 0) is 22.9 Å². The van der Waals surface area contributed by atoms with Crippen LogP contribution in [0.25, 0.3) is 5.65 Å². The molecule has 0 saturated carbocycles. The van der Waals surface area contributed by atoms with Crippen molar-refractivity contribution in [1.29, 1.82) is 0 Å². The highest BCUT2D eigenvalue weighted by molar-refractivity contribution is 5.76. The molecule has 0 spiro atoms. The van der Waals surface area contributed by atoms with E-state index in [4.69, 9.17) is 0 Å². The topological polar surface area (TPSA) is 68.3 Å². The summed E-state index contributed by atoms with van der Waals surface area (Å²) in [4.78, 5) is 19.1. The van der Waals surface area contributed by atoms with Gasteiger partial charge in [0.05, 0.1) is 17.4 Å². The van der Waals surface area contributed by atoms with Crippen LogP contribution in [0.3, 0.4) is 0 Å². The average molecular weight is 434 g/mol. The predicted molar refractivity (Wildman–Crippen MR) is 107 cm³/mol. The summed E-state index contributed by atoms with van der Waals surface area (Å²) in [6, 6.07) is 3.98. The van der Waals surface area contributed by atoms with Crippen LogP contribution < -0.4 is 0 Å². The molecular weight excluding hydrogens is 409 g/mol. The maximum atomic E-state index is 13.8. The fourth-order valence-electron chi connectivity index (χ4n) is 3.90. The molecule has 0 aromatic carbocycles. The second-order valence-electron chi connectivity index (χ2n) is 8.92. The average Bonchev–Trinajstić information content (AvgIpc) is 3.34. The fourth-order valence-corrected chi connectivity index (χ4v) is 3.90. The van der Waals surface area contributed by atoms with Crippen LogP contribution in [0.1, 0.15) is 63.2 Å². The van der Waals surface area contributed by atoms with Crippen LogP contribution in [0, 0.1) is 0 Å². The number of aromatic nitrogens is 5. The van der Waals surface area contributed by atoms with Crippen molar-refractivity contribution in [1.82, 2.24) is 29.3 Å². The summed E-state index contributed by atoms with van der Waals surface area (Å²) in [5.74, 6) is -0.134. The van der Waals surface area contributed by atoms with E-state index in [1.165, 1.54) is 4.68 Å². The first-order chi connectivity index (χ1) is 14.5. The number of nitrogens with zero attached hydrogens (tertiary/aromatic N) is 6. The molecule has 1 amide bonds. The van der Waals surface area contributed by atoms with Crippen LogP contribution in [0.15, 0.2) is 30.6 Å². The molecule has 1 aliphatic rings. The van der Waals surface area contributed by atoms with Crippen molar-refractivity contribution in [2.45, 2.75) is 64.2 Å². The smallest absolute Gasteiger partial charge is 0.332 e. The molecule has 166 valence electrons. The van der Waals surface area contributed by atoms with Gasteiger partial charge in [-0.25, -0.2) is 9.50 Å². The zero-order valence-corrected chi connectivity index (χ0v) is 17.7. The van der Waals surface area contributed by atoms with Gasteiger partial charge in [-0.15, -0.1) is 0 Å². The summed E-state index contributed by atoms with van der Waals surface area (Å²) in [6.45, 7) is 6.07. The van der Waals surface area contributed by atoms with Crippen molar-refractivity contribution in [3.8, 4) is 0 Å². The van der Waals surface area contributed by atoms with Gasteiger partial charge in [0.25, 0.3) is 0 Å². The highest BCUT2D eigenvalue weighted by atomic mass is 19.4. The molecule has 0 N–H and O–H groups in total. The molecule has 3 aromatic rings. The minimum Gasteiger partial charge on any atom is -0.332 e. The Bertz CT molecular complexity index is 1080. The first kappa shape index (κ1) is 21.3. The first-order valence-electron chi connectivity index (χ1n) is 10.3. The van der Waals surface area contributed by atoms with Gasteiger partial charge in [0.2, 0.25) is 5.91 Å². The molecule has 31 heavy (non-hydrogen) atoms. The van der Waals surface area contributed by atoms with Gasteiger partial charge in [0, 0.05) is 30.4 Å². The van der Waals surface area contributed by atoms with Crippen molar-refractivity contribution in [2.24, 2.45) is 0 Å². The Morgan fingerprint density at radius 1 is 1.19 bits per heavy atom. The lowest BCUT2D eigenvalue weighted by Gasteiger charge is -2.34. The van der Waals surface area contributed by atoms with E-state index in [9.17, 15) is 18.0 Å². The van der Waals surface area contributed by atoms with Crippen LogP contribution in [0.4, 0.5) is 13.2 Å². The lowest BCUT2D eigenvalue weighted by atomic mass is 9.91. The summed E-state index contributed by atoms with van der Waals surface area (Å²) in [6.07, 6.45) is 1.08. The number of likely N-dealkylation sites (tertiary alicyclic amines) is 1. The van der Waals surface area contributed by atoms with E-state index in [0.717, 1.165) is 23.4 Å². The van der Waals surface area contributed by atoms with Gasteiger partial charge in [-0.2, -0.15) is 23.4 Å². The van der Waals surface area contributed by atoms with Crippen LogP contribution in [0.5, 0.6) is 0 Å². The molecule has 0 unspecified atom stereocenters. The number of hydrogen-bond donors (Lipinski definition) is 0. The van der Waals surface area contributed by atoms with Crippen LogP contribution >= 0.6 is 0 Å². The molecule has 1 aliphatic heterocycles. The number of amides is 1. The van der Waals surface area contributed by atoms with E-state index >= 15 is 0 Å². The van der Waals surface area contributed by atoms with Crippen molar-refractivity contribution in [3.63, 3.8) is 0 Å². The quantitative estimate of drug-likeness (QED) is 0.625. The lowest BCUT2D eigenvalue weighted by Crippen LogP contribution is -2.40. The molecule has 3 aromatic heterocycles. The molecule has 4 rings (SSSR count). The maximum absolute atomic E-state index is 13.8. The highest BCUT2D eigenvalue weighted by Crippen LogP contribution is 2.35. The molecular formula is C21H25F3N6O. The van der Waals surface area contributed by atoms with Crippen LogP contribution in [-0.4, -0.2) is 41.7 Å². The molecule has 10 heteroatoms. The summed E-state index contributed by atoms with van der Waals surface area (Å²) < 4.78 is 43.8. The largest absolute Gasteiger partial charge is 0.433 e. The van der Waals surface area contributed by atoms with E-state index in [0.29, 0.717) is 24.4 Å². The molecule has 0 aliphatic carbocycles. The minimum atomic E-state index is -4.58. The first-order valence-corrected chi connectivity index (χ1v) is 10.3. The monoisotopic (exact) mass is 434 g/mol. The van der Waals surface area contributed by atoms with Crippen molar-refractivity contribution in [2.75, 3.05) is 6.54 Å². The second kappa shape index (κ2) is 7.65. The number of alkyl halides is 3. The third-order valence-corrected chi connectivity index (χ3v) is 5.53. The normalized spacial score (nSPS) is 18.0. The number of carbonyl (C=O) groups is 1. The molecule has 1 saturated heterocycles. The zero-order valence-electron chi connectivity index (χ0n) is 17.7.